The number of hydrogen-bond donors (Lipinski definition) is 2. The number of amides is 1. The average molecular weight is 328 g/mol. The van der Waals surface area contributed by atoms with Crippen molar-refractivity contribution >= 4 is 27.8 Å². The fourth-order valence-corrected chi connectivity index (χ4v) is 2.12. The minimum Gasteiger partial charge on any atom is -0.480 e. The minimum atomic E-state index is -0.991. The van der Waals surface area contributed by atoms with Gasteiger partial charge in [0.2, 0.25) is 0 Å². The molecule has 0 heterocycles. The van der Waals surface area contributed by atoms with Crippen molar-refractivity contribution in [2.24, 2.45) is 0 Å². The van der Waals surface area contributed by atoms with E-state index in [-0.39, 0.29) is 5.91 Å². The smallest absolute Gasteiger partial charge is 0.326 e. The first-order valence-corrected chi connectivity index (χ1v) is 7.05. The van der Waals surface area contributed by atoms with Gasteiger partial charge in [0.15, 0.2) is 0 Å². The summed E-state index contributed by atoms with van der Waals surface area (Å²) in [7, 11) is 0. The van der Waals surface area contributed by atoms with E-state index in [1.165, 1.54) is 0 Å². The summed E-state index contributed by atoms with van der Waals surface area (Å²) in [4.78, 5) is 23.2. The highest BCUT2D eigenvalue weighted by Crippen LogP contribution is 2.19. The number of carbonyl (C=O) groups excluding carboxylic acids is 1. The Kier molecular flexibility index (Phi) is 6.02. The Bertz CT molecular complexity index is 474. The van der Waals surface area contributed by atoms with Crippen LogP contribution in [0.25, 0.3) is 0 Å². The summed E-state index contributed by atoms with van der Waals surface area (Å²) in [6, 6.07) is 4.46. The van der Waals surface area contributed by atoms with Crippen molar-refractivity contribution in [1.82, 2.24) is 5.32 Å². The van der Waals surface area contributed by atoms with Crippen molar-refractivity contribution in [3.05, 3.63) is 33.8 Å². The molecule has 1 atom stereocenters. The number of rotatable bonds is 6. The van der Waals surface area contributed by atoms with Gasteiger partial charge in [0, 0.05) is 10.0 Å². The van der Waals surface area contributed by atoms with Crippen LogP contribution >= 0.6 is 15.9 Å². The van der Waals surface area contributed by atoms with Crippen LogP contribution in [0.1, 0.15) is 42.1 Å². The van der Waals surface area contributed by atoms with Crippen LogP contribution in [0.5, 0.6) is 0 Å². The first-order valence-electron chi connectivity index (χ1n) is 6.26. The number of halogens is 1. The number of unbranched alkanes of at least 4 members (excludes halogenated alkanes) is 1. The van der Waals surface area contributed by atoms with E-state index in [4.69, 9.17) is 5.11 Å². The topological polar surface area (TPSA) is 66.4 Å². The average Bonchev–Trinajstić information content (AvgIpc) is 2.37. The summed E-state index contributed by atoms with van der Waals surface area (Å²) in [6.45, 7) is 3.81. The Hall–Kier alpha value is -1.36. The molecule has 104 valence electrons. The summed E-state index contributed by atoms with van der Waals surface area (Å²) >= 11 is 3.36. The lowest BCUT2D eigenvalue weighted by molar-refractivity contribution is -0.139. The molecule has 0 aliphatic rings. The highest BCUT2D eigenvalue weighted by Gasteiger charge is 2.21. The van der Waals surface area contributed by atoms with E-state index in [0.29, 0.717) is 12.0 Å². The van der Waals surface area contributed by atoms with Crippen molar-refractivity contribution in [2.75, 3.05) is 0 Å². The molecule has 0 radical (unpaired) electrons. The van der Waals surface area contributed by atoms with Crippen LogP contribution in [-0.4, -0.2) is 23.0 Å². The Morgan fingerprint density at radius 3 is 2.68 bits per heavy atom. The summed E-state index contributed by atoms with van der Waals surface area (Å²) in [5.74, 6) is -1.34. The summed E-state index contributed by atoms with van der Waals surface area (Å²) in [6.07, 6.45) is 2.12. The van der Waals surface area contributed by atoms with Crippen molar-refractivity contribution in [1.29, 1.82) is 0 Å². The molecule has 1 rings (SSSR count). The Morgan fingerprint density at radius 2 is 2.11 bits per heavy atom. The largest absolute Gasteiger partial charge is 0.480 e. The third kappa shape index (κ3) is 4.35. The molecular weight excluding hydrogens is 310 g/mol. The molecular formula is C14H18BrNO3. The number of carboxylic acid groups (broad SMARTS) is 1. The van der Waals surface area contributed by atoms with Gasteiger partial charge in [-0.3, -0.25) is 4.79 Å². The predicted octanol–water partition coefficient (Wildman–Crippen LogP) is 3.13. The van der Waals surface area contributed by atoms with Crippen LogP contribution in [0.15, 0.2) is 22.7 Å². The second-order valence-corrected chi connectivity index (χ2v) is 5.27. The van der Waals surface area contributed by atoms with E-state index in [0.717, 1.165) is 22.9 Å². The molecule has 0 bridgehead atoms. The van der Waals surface area contributed by atoms with Crippen LogP contribution in [0.2, 0.25) is 0 Å². The van der Waals surface area contributed by atoms with E-state index in [1.54, 1.807) is 12.1 Å². The second-order valence-electron chi connectivity index (χ2n) is 4.42. The Balaban J connectivity index is 2.82. The van der Waals surface area contributed by atoms with E-state index < -0.39 is 12.0 Å². The van der Waals surface area contributed by atoms with Crippen molar-refractivity contribution in [3.63, 3.8) is 0 Å². The number of nitrogens with one attached hydrogen (secondary N) is 1. The molecule has 2 N–H and O–H groups in total. The molecule has 0 aliphatic heterocycles. The molecule has 1 amide bonds. The van der Waals surface area contributed by atoms with Crippen molar-refractivity contribution in [2.45, 2.75) is 39.2 Å². The lowest BCUT2D eigenvalue weighted by Crippen LogP contribution is -2.41. The molecule has 0 spiro atoms. The zero-order chi connectivity index (χ0) is 14.4. The monoisotopic (exact) mass is 327 g/mol. The summed E-state index contributed by atoms with van der Waals surface area (Å²) in [5, 5.41) is 11.7. The fraction of sp³-hybridized carbons (Fsp3) is 0.429. The predicted molar refractivity (Wildman–Crippen MR) is 77.3 cm³/mol. The molecule has 4 nitrogen and oxygen atoms in total. The number of aliphatic carboxylic acids is 1. The standard InChI is InChI=1S/C14H18BrNO3/c1-3-4-8-12(14(18)19)16-13(17)10-6-5-7-11(15)9(10)2/h5-7,12H,3-4,8H2,1-2H3,(H,16,17)(H,18,19)/t12-/m0/s1. The van der Waals surface area contributed by atoms with Crippen molar-refractivity contribution in [3.8, 4) is 0 Å². The summed E-state index contributed by atoms with van der Waals surface area (Å²) in [5.41, 5.74) is 1.30. The minimum absolute atomic E-state index is 0.345. The molecule has 0 saturated carbocycles. The van der Waals surface area contributed by atoms with Gasteiger partial charge in [-0.1, -0.05) is 41.8 Å². The zero-order valence-electron chi connectivity index (χ0n) is 11.1. The first kappa shape index (κ1) is 15.7. The lowest BCUT2D eigenvalue weighted by atomic mass is 10.1. The first-order chi connectivity index (χ1) is 8.97. The molecule has 19 heavy (non-hydrogen) atoms. The molecule has 0 saturated heterocycles. The van der Waals surface area contributed by atoms with Crippen LogP contribution in [0.3, 0.4) is 0 Å². The van der Waals surface area contributed by atoms with E-state index in [2.05, 4.69) is 21.2 Å². The molecule has 0 aromatic heterocycles. The van der Waals surface area contributed by atoms with Gasteiger partial charge in [-0.2, -0.15) is 0 Å². The van der Waals surface area contributed by atoms with Crippen LogP contribution in [-0.2, 0) is 4.79 Å². The summed E-state index contributed by atoms with van der Waals surface area (Å²) < 4.78 is 0.834. The fourth-order valence-electron chi connectivity index (χ4n) is 1.76. The number of carbonyl (C=O) groups is 2. The number of carboxylic acids is 1. The lowest BCUT2D eigenvalue weighted by Gasteiger charge is -2.15. The second kappa shape index (κ2) is 7.28. The maximum atomic E-state index is 12.1. The maximum absolute atomic E-state index is 12.1. The van der Waals surface area contributed by atoms with Crippen LogP contribution < -0.4 is 5.32 Å². The van der Waals surface area contributed by atoms with Gasteiger partial charge in [0.1, 0.15) is 6.04 Å². The molecule has 1 aromatic rings. The highest BCUT2D eigenvalue weighted by molar-refractivity contribution is 9.10. The van der Waals surface area contributed by atoms with Gasteiger partial charge in [-0.25, -0.2) is 4.79 Å². The molecule has 0 fully saturated rings. The molecule has 0 aliphatic carbocycles. The number of benzene rings is 1. The highest BCUT2D eigenvalue weighted by atomic mass is 79.9. The van der Waals surface area contributed by atoms with Gasteiger partial charge in [0.25, 0.3) is 5.91 Å². The van der Waals surface area contributed by atoms with Gasteiger partial charge in [-0.05, 0) is 31.0 Å². The number of hydrogen-bond acceptors (Lipinski definition) is 2. The Labute approximate surface area is 121 Å². The maximum Gasteiger partial charge on any atom is 0.326 e. The van der Waals surface area contributed by atoms with Gasteiger partial charge < -0.3 is 10.4 Å². The van der Waals surface area contributed by atoms with Gasteiger partial charge in [-0.15, -0.1) is 0 Å². The molecule has 5 heteroatoms. The van der Waals surface area contributed by atoms with E-state index in [9.17, 15) is 9.59 Å². The van der Waals surface area contributed by atoms with Gasteiger partial charge in [0.05, 0.1) is 0 Å². The molecule has 1 aromatic carbocycles. The van der Waals surface area contributed by atoms with Crippen LogP contribution in [0.4, 0.5) is 0 Å². The third-order valence-corrected chi connectivity index (χ3v) is 3.82. The normalized spacial score (nSPS) is 11.9. The zero-order valence-corrected chi connectivity index (χ0v) is 12.7. The van der Waals surface area contributed by atoms with Crippen molar-refractivity contribution < 1.29 is 14.7 Å². The van der Waals surface area contributed by atoms with Crippen LogP contribution in [0, 0.1) is 6.92 Å². The SMILES string of the molecule is CCCC[C@H](NC(=O)c1cccc(Br)c1C)C(=O)O. The quantitative estimate of drug-likeness (QED) is 0.843. The van der Waals surface area contributed by atoms with E-state index >= 15 is 0 Å². The van der Waals surface area contributed by atoms with Gasteiger partial charge >= 0.3 is 5.97 Å². The molecule has 0 unspecified atom stereocenters. The Morgan fingerprint density at radius 1 is 1.42 bits per heavy atom. The van der Waals surface area contributed by atoms with E-state index in [1.807, 2.05) is 19.9 Å². The third-order valence-electron chi connectivity index (χ3n) is 2.96.